The lowest BCUT2D eigenvalue weighted by atomic mass is 9.97. The zero-order valence-electron chi connectivity index (χ0n) is 13.2. The van der Waals surface area contributed by atoms with Crippen LogP contribution < -0.4 is 0 Å². The number of thioether (sulfide) groups is 1. The first-order valence-electron chi connectivity index (χ1n) is 7.67. The van der Waals surface area contributed by atoms with Crippen molar-refractivity contribution in [3.8, 4) is 0 Å². The monoisotopic (exact) mass is 366 g/mol. The lowest BCUT2D eigenvalue weighted by Gasteiger charge is -2.13. The van der Waals surface area contributed by atoms with Crippen LogP contribution in [0.2, 0.25) is 5.02 Å². The van der Waals surface area contributed by atoms with Crippen LogP contribution in [-0.2, 0) is 4.79 Å². The standard InChI is InChI=1S/C21H15ClO2S/c22-17-13-11-16(12-14-17)19(15-7-3-1-4-8-15)20(21(23)24)25-18-9-5-2-6-10-18/h1-14H,(H,23,24)/b20-19+. The number of halogens is 1. The van der Waals surface area contributed by atoms with E-state index in [0.29, 0.717) is 10.6 Å². The van der Waals surface area contributed by atoms with Crippen LogP contribution >= 0.6 is 23.4 Å². The molecule has 0 aliphatic carbocycles. The highest BCUT2D eigenvalue weighted by atomic mass is 35.5. The van der Waals surface area contributed by atoms with Gasteiger partial charge in [0.15, 0.2) is 0 Å². The molecule has 124 valence electrons. The van der Waals surface area contributed by atoms with Gasteiger partial charge >= 0.3 is 5.97 Å². The second-order valence-electron chi connectivity index (χ2n) is 5.30. The van der Waals surface area contributed by atoms with Crippen molar-refractivity contribution in [1.29, 1.82) is 0 Å². The van der Waals surface area contributed by atoms with Crippen LogP contribution in [0, 0.1) is 0 Å². The fourth-order valence-electron chi connectivity index (χ4n) is 2.46. The average molecular weight is 367 g/mol. The Morgan fingerprint density at radius 1 is 0.760 bits per heavy atom. The molecule has 0 aromatic heterocycles. The zero-order valence-corrected chi connectivity index (χ0v) is 14.8. The van der Waals surface area contributed by atoms with Crippen LogP contribution in [0.25, 0.3) is 5.57 Å². The van der Waals surface area contributed by atoms with Gasteiger partial charge in [0, 0.05) is 15.5 Å². The predicted octanol–water partition coefficient (Wildman–Crippen LogP) is 5.98. The van der Waals surface area contributed by atoms with E-state index >= 15 is 0 Å². The van der Waals surface area contributed by atoms with Gasteiger partial charge in [-0.2, -0.15) is 0 Å². The molecule has 0 fully saturated rings. The third-order valence-electron chi connectivity index (χ3n) is 3.58. The molecule has 0 saturated heterocycles. The molecule has 3 aromatic rings. The van der Waals surface area contributed by atoms with Gasteiger partial charge in [-0.25, -0.2) is 4.79 Å². The molecule has 0 atom stereocenters. The molecule has 0 amide bonds. The summed E-state index contributed by atoms with van der Waals surface area (Å²) < 4.78 is 0. The Kier molecular flexibility index (Phi) is 5.59. The third-order valence-corrected chi connectivity index (χ3v) is 4.92. The lowest BCUT2D eigenvalue weighted by molar-refractivity contribution is -0.131. The predicted molar refractivity (Wildman–Crippen MR) is 104 cm³/mol. The van der Waals surface area contributed by atoms with Crippen molar-refractivity contribution < 1.29 is 9.90 Å². The van der Waals surface area contributed by atoms with E-state index in [9.17, 15) is 9.90 Å². The van der Waals surface area contributed by atoms with E-state index in [-0.39, 0.29) is 4.91 Å². The van der Waals surface area contributed by atoms with Gasteiger partial charge in [-0.05, 0) is 35.4 Å². The first-order chi connectivity index (χ1) is 12.1. The average Bonchev–Trinajstić information content (AvgIpc) is 2.64. The van der Waals surface area contributed by atoms with Crippen molar-refractivity contribution in [3.63, 3.8) is 0 Å². The largest absolute Gasteiger partial charge is 0.477 e. The van der Waals surface area contributed by atoms with E-state index in [4.69, 9.17) is 11.6 Å². The summed E-state index contributed by atoms with van der Waals surface area (Å²) in [4.78, 5) is 13.2. The number of aliphatic carboxylic acids is 1. The maximum Gasteiger partial charge on any atom is 0.343 e. The number of hydrogen-bond acceptors (Lipinski definition) is 2. The van der Waals surface area contributed by atoms with Gasteiger partial charge in [-0.1, -0.05) is 84.0 Å². The van der Waals surface area contributed by atoms with Crippen molar-refractivity contribution >= 4 is 34.9 Å². The number of hydrogen-bond donors (Lipinski definition) is 1. The Morgan fingerprint density at radius 3 is 1.84 bits per heavy atom. The summed E-state index contributed by atoms with van der Waals surface area (Å²) in [5.74, 6) is -0.956. The van der Waals surface area contributed by atoms with E-state index in [0.717, 1.165) is 16.0 Å². The molecule has 0 radical (unpaired) electrons. The first kappa shape index (κ1) is 17.3. The highest BCUT2D eigenvalue weighted by Gasteiger charge is 2.19. The molecule has 0 bridgehead atoms. The molecule has 3 rings (SSSR count). The molecule has 0 heterocycles. The Labute approximate surface area is 155 Å². The molecule has 0 aliphatic heterocycles. The highest BCUT2D eigenvalue weighted by Crippen LogP contribution is 2.37. The fraction of sp³-hybridized carbons (Fsp3) is 0. The maximum absolute atomic E-state index is 12.1. The summed E-state index contributed by atoms with van der Waals surface area (Å²) in [5, 5.41) is 10.5. The van der Waals surface area contributed by atoms with Crippen molar-refractivity contribution in [3.05, 3.63) is 106 Å². The third kappa shape index (κ3) is 4.32. The second-order valence-corrected chi connectivity index (χ2v) is 6.82. The van der Waals surface area contributed by atoms with Crippen LogP contribution in [0.1, 0.15) is 11.1 Å². The van der Waals surface area contributed by atoms with Gasteiger partial charge in [-0.15, -0.1) is 0 Å². The topological polar surface area (TPSA) is 37.3 Å². The van der Waals surface area contributed by atoms with Crippen LogP contribution in [0.5, 0.6) is 0 Å². The molecule has 0 unspecified atom stereocenters. The van der Waals surface area contributed by atoms with Crippen molar-refractivity contribution in [2.45, 2.75) is 4.90 Å². The summed E-state index contributed by atoms with van der Waals surface area (Å²) in [7, 11) is 0. The zero-order chi connectivity index (χ0) is 17.6. The quantitative estimate of drug-likeness (QED) is 0.446. The van der Waals surface area contributed by atoms with E-state index in [2.05, 4.69) is 0 Å². The normalized spacial score (nSPS) is 11.7. The number of carboxylic acid groups (broad SMARTS) is 1. The second kappa shape index (κ2) is 8.06. The highest BCUT2D eigenvalue weighted by molar-refractivity contribution is 8.04. The molecule has 0 aliphatic rings. The molecule has 4 heteroatoms. The molecule has 0 saturated carbocycles. The Hall–Kier alpha value is -2.49. The fourth-order valence-corrected chi connectivity index (χ4v) is 3.54. The molecule has 25 heavy (non-hydrogen) atoms. The van der Waals surface area contributed by atoms with E-state index in [1.165, 1.54) is 11.8 Å². The van der Waals surface area contributed by atoms with E-state index in [1.54, 1.807) is 12.1 Å². The lowest BCUT2D eigenvalue weighted by Crippen LogP contribution is -2.03. The van der Waals surface area contributed by atoms with Gasteiger partial charge in [0.05, 0.1) is 0 Å². The molecule has 0 spiro atoms. The molecule has 3 aromatic carbocycles. The summed E-state index contributed by atoms with van der Waals surface area (Å²) in [6, 6.07) is 26.3. The van der Waals surface area contributed by atoms with Crippen LogP contribution in [0.3, 0.4) is 0 Å². The minimum absolute atomic E-state index is 0.278. The van der Waals surface area contributed by atoms with Crippen LogP contribution in [-0.4, -0.2) is 11.1 Å². The minimum Gasteiger partial charge on any atom is -0.477 e. The smallest absolute Gasteiger partial charge is 0.343 e. The molecule has 2 nitrogen and oxygen atoms in total. The Balaban J connectivity index is 2.19. The van der Waals surface area contributed by atoms with Gasteiger partial charge in [0.25, 0.3) is 0 Å². The van der Waals surface area contributed by atoms with Crippen LogP contribution in [0.15, 0.2) is 94.7 Å². The van der Waals surface area contributed by atoms with Crippen LogP contribution in [0.4, 0.5) is 0 Å². The number of carboxylic acids is 1. The first-order valence-corrected chi connectivity index (χ1v) is 8.86. The molecular formula is C21H15ClO2S. The summed E-state index contributed by atoms with van der Waals surface area (Å²) in [6.45, 7) is 0. The Morgan fingerprint density at radius 2 is 1.28 bits per heavy atom. The summed E-state index contributed by atoms with van der Waals surface area (Å²) in [6.07, 6.45) is 0. The van der Waals surface area contributed by atoms with Gasteiger partial charge in [-0.3, -0.25) is 0 Å². The SMILES string of the molecule is O=C(O)/C(Sc1ccccc1)=C(/c1ccccc1)c1ccc(Cl)cc1. The summed E-state index contributed by atoms with van der Waals surface area (Å²) in [5.41, 5.74) is 2.35. The van der Waals surface area contributed by atoms with Gasteiger partial charge < -0.3 is 5.11 Å². The Bertz CT molecular complexity index is 888. The maximum atomic E-state index is 12.1. The van der Waals surface area contributed by atoms with E-state index in [1.807, 2.05) is 72.8 Å². The minimum atomic E-state index is -0.956. The van der Waals surface area contributed by atoms with Crippen molar-refractivity contribution in [2.75, 3.05) is 0 Å². The van der Waals surface area contributed by atoms with Gasteiger partial charge in [0.2, 0.25) is 0 Å². The van der Waals surface area contributed by atoms with Crippen molar-refractivity contribution in [2.24, 2.45) is 0 Å². The van der Waals surface area contributed by atoms with Crippen molar-refractivity contribution in [1.82, 2.24) is 0 Å². The molecular weight excluding hydrogens is 352 g/mol. The number of benzene rings is 3. The molecule has 1 N–H and O–H groups in total. The van der Waals surface area contributed by atoms with Gasteiger partial charge in [0.1, 0.15) is 4.91 Å². The number of carbonyl (C=O) groups is 1. The number of rotatable bonds is 5. The summed E-state index contributed by atoms with van der Waals surface area (Å²) >= 11 is 7.24. The van der Waals surface area contributed by atoms with E-state index < -0.39 is 5.97 Å².